The van der Waals surface area contributed by atoms with Crippen LogP contribution in [0.3, 0.4) is 0 Å². The Kier molecular flexibility index (Phi) is 9.28. The van der Waals surface area contributed by atoms with Gasteiger partial charge >= 0.3 is 11.9 Å². The predicted molar refractivity (Wildman–Crippen MR) is 196 cm³/mol. The lowest BCUT2D eigenvalue weighted by Crippen LogP contribution is -2.44. The summed E-state index contributed by atoms with van der Waals surface area (Å²) in [6, 6.07) is 11.9. The number of ether oxygens (including phenoxy) is 1. The molecule has 1 unspecified atom stereocenters. The topological polar surface area (TPSA) is 140 Å². The van der Waals surface area contributed by atoms with Gasteiger partial charge in [0.1, 0.15) is 23.2 Å². The molecule has 3 aromatic heterocycles. The van der Waals surface area contributed by atoms with Gasteiger partial charge in [-0.1, -0.05) is 18.2 Å². The van der Waals surface area contributed by atoms with Gasteiger partial charge in [-0.15, -0.1) is 11.3 Å². The number of pyridine rings is 1. The molecule has 2 aromatic carbocycles. The van der Waals surface area contributed by atoms with Gasteiger partial charge in [0.2, 0.25) is 11.8 Å². The third-order valence-electron chi connectivity index (χ3n) is 11.0. The molecule has 54 heavy (non-hydrogen) atoms. The Balaban J connectivity index is 0.887. The fourth-order valence-corrected chi connectivity index (χ4v) is 9.34. The number of piperidine rings is 2. The van der Waals surface area contributed by atoms with E-state index in [1.54, 1.807) is 39.7 Å². The number of hydrogen-bond acceptors (Lipinski definition) is 9. The summed E-state index contributed by atoms with van der Waals surface area (Å²) in [6.45, 7) is 2.88. The first-order valence-electron chi connectivity index (χ1n) is 18.0. The zero-order chi connectivity index (χ0) is 37.9. The van der Waals surface area contributed by atoms with Crippen LogP contribution < -0.4 is 21.1 Å². The van der Waals surface area contributed by atoms with E-state index in [1.165, 1.54) is 13.2 Å². The van der Waals surface area contributed by atoms with Crippen molar-refractivity contribution in [2.75, 3.05) is 32.1 Å². The number of carbonyl (C=O) groups excluding carboxylic acids is 3. The van der Waals surface area contributed by atoms with E-state index >= 15 is 0 Å². The molecule has 0 radical (unpaired) electrons. The van der Waals surface area contributed by atoms with Crippen LogP contribution in [0.25, 0.3) is 21.3 Å². The minimum absolute atomic E-state index is 0.201. The van der Waals surface area contributed by atoms with Crippen molar-refractivity contribution in [1.29, 1.82) is 0 Å². The van der Waals surface area contributed by atoms with Gasteiger partial charge in [-0.3, -0.25) is 28.8 Å². The lowest BCUT2D eigenvalue weighted by Gasteiger charge is -2.40. The van der Waals surface area contributed by atoms with Crippen molar-refractivity contribution in [2.45, 2.75) is 62.6 Å². The summed E-state index contributed by atoms with van der Waals surface area (Å²) in [5, 5.41) is 6.04. The normalized spacial score (nSPS) is 21.3. The molecule has 2 aliphatic heterocycles. The molecule has 282 valence electrons. The lowest BCUT2D eigenvalue weighted by atomic mass is 9.74. The number of alkyl halides is 3. The first-order chi connectivity index (χ1) is 25.9. The Hall–Kier alpha value is -5.09. The number of thiazole rings is 1. The number of para-hydroxylation sites is 1. The van der Waals surface area contributed by atoms with Crippen molar-refractivity contribution in [1.82, 2.24) is 29.3 Å². The van der Waals surface area contributed by atoms with Crippen LogP contribution in [0.2, 0.25) is 0 Å². The third-order valence-corrected chi connectivity index (χ3v) is 12.2. The molecular weight excluding hydrogens is 724 g/mol. The molecule has 12 nitrogen and oxygen atoms in total. The van der Waals surface area contributed by atoms with Gasteiger partial charge in [-0.2, -0.15) is 13.2 Å². The van der Waals surface area contributed by atoms with Gasteiger partial charge in [0.25, 0.3) is 5.91 Å². The standard InChI is InChI=1S/C38H38F3N7O5S/c1-46-33-23(5-3-7-27(33)48(37(46)52)28-9-10-32(49)45-35(28)51)21-11-13-47(14-12-21)19-20-15-22(16-20)36-44-26-17-29(53-2)25(18-30(26)54-36)43-34(50)24-6-4-8-31(42-24)38(39,40)41/h3-8,17-18,20-22,28H,9-16,19H2,1-2H3,(H,43,50)(H,45,49,51). The van der Waals surface area contributed by atoms with Crippen molar-refractivity contribution in [3.63, 3.8) is 0 Å². The fourth-order valence-electron chi connectivity index (χ4n) is 8.23. The van der Waals surface area contributed by atoms with E-state index in [-0.39, 0.29) is 29.6 Å². The smallest absolute Gasteiger partial charge is 0.433 e. The summed E-state index contributed by atoms with van der Waals surface area (Å²) in [7, 11) is 3.20. The predicted octanol–water partition coefficient (Wildman–Crippen LogP) is 5.98. The summed E-state index contributed by atoms with van der Waals surface area (Å²) >= 11 is 1.54. The minimum atomic E-state index is -4.67. The van der Waals surface area contributed by atoms with Gasteiger partial charge in [-0.05, 0) is 86.9 Å². The Morgan fingerprint density at radius 2 is 1.78 bits per heavy atom. The quantitative estimate of drug-likeness (QED) is 0.184. The first kappa shape index (κ1) is 35.9. The van der Waals surface area contributed by atoms with E-state index in [0.29, 0.717) is 29.7 Å². The van der Waals surface area contributed by atoms with Crippen molar-refractivity contribution in [2.24, 2.45) is 13.0 Å². The van der Waals surface area contributed by atoms with Gasteiger partial charge in [-0.25, -0.2) is 14.8 Å². The van der Waals surface area contributed by atoms with E-state index in [9.17, 15) is 32.3 Å². The SMILES string of the molecule is COc1cc2nc(C3CC(CN4CCC(c5cccc6c5n(C)c(=O)n6C5CCC(=O)NC5=O)CC4)C3)sc2cc1NC(=O)c1cccc(C(F)(F)F)n1. The summed E-state index contributed by atoms with van der Waals surface area (Å²) in [5.41, 5.74) is 1.99. The van der Waals surface area contributed by atoms with Gasteiger partial charge < -0.3 is 15.0 Å². The zero-order valence-electron chi connectivity index (χ0n) is 29.6. The first-order valence-corrected chi connectivity index (χ1v) is 18.8. The number of anilines is 1. The number of carbonyl (C=O) groups is 3. The molecule has 16 heteroatoms. The van der Waals surface area contributed by atoms with Crippen LogP contribution >= 0.6 is 11.3 Å². The second-order valence-corrected chi connectivity index (χ2v) is 15.5. The van der Waals surface area contributed by atoms with E-state index in [1.807, 2.05) is 12.1 Å². The van der Waals surface area contributed by atoms with Gasteiger partial charge in [0, 0.05) is 32.0 Å². The van der Waals surface area contributed by atoms with Crippen LogP contribution in [-0.4, -0.2) is 68.5 Å². The number of likely N-dealkylation sites (tertiary alicyclic amines) is 1. The highest BCUT2D eigenvalue weighted by Gasteiger charge is 2.36. The van der Waals surface area contributed by atoms with E-state index in [4.69, 9.17) is 9.72 Å². The molecule has 2 N–H and O–H groups in total. The number of aryl methyl sites for hydroxylation is 1. The molecular formula is C38H38F3N7O5S. The highest BCUT2D eigenvalue weighted by molar-refractivity contribution is 7.18. The number of halogens is 3. The maximum absolute atomic E-state index is 13.4. The van der Waals surface area contributed by atoms with Crippen LogP contribution in [0.1, 0.15) is 83.2 Å². The summed E-state index contributed by atoms with van der Waals surface area (Å²) in [5.74, 6) is -0.0513. The number of imide groups is 1. The minimum Gasteiger partial charge on any atom is -0.494 e. The summed E-state index contributed by atoms with van der Waals surface area (Å²) < 4.78 is 49.0. The van der Waals surface area contributed by atoms with Crippen LogP contribution in [-0.2, 0) is 22.8 Å². The largest absolute Gasteiger partial charge is 0.494 e. The molecule has 3 fully saturated rings. The van der Waals surface area contributed by atoms with Crippen LogP contribution in [0.4, 0.5) is 18.9 Å². The number of benzene rings is 2. The summed E-state index contributed by atoms with van der Waals surface area (Å²) in [6.07, 6.45) is -0.235. The fraction of sp³-hybridized carbons (Fsp3) is 0.421. The number of rotatable bonds is 8. The van der Waals surface area contributed by atoms with Gasteiger partial charge in [0.15, 0.2) is 0 Å². The maximum atomic E-state index is 13.4. The molecule has 1 atom stereocenters. The highest BCUT2D eigenvalue weighted by Crippen LogP contribution is 2.46. The van der Waals surface area contributed by atoms with Crippen molar-refractivity contribution in [3.05, 3.63) is 81.0 Å². The van der Waals surface area contributed by atoms with E-state index < -0.39 is 29.7 Å². The Morgan fingerprint density at radius 3 is 2.50 bits per heavy atom. The van der Waals surface area contributed by atoms with Gasteiger partial charge in [0.05, 0.1) is 39.1 Å². The lowest BCUT2D eigenvalue weighted by molar-refractivity contribution is -0.141. The second-order valence-electron chi connectivity index (χ2n) is 14.4. The maximum Gasteiger partial charge on any atom is 0.433 e. The molecule has 8 rings (SSSR count). The molecule has 3 aliphatic rings. The number of hydrogen-bond donors (Lipinski definition) is 2. The zero-order valence-corrected chi connectivity index (χ0v) is 30.4. The Labute approximate surface area is 311 Å². The van der Waals surface area contributed by atoms with Crippen molar-refractivity contribution < 1.29 is 32.3 Å². The summed E-state index contributed by atoms with van der Waals surface area (Å²) in [4.78, 5) is 61.6. The molecule has 1 saturated carbocycles. The third kappa shape index (κ3) is 6.65. The number of amides is 3. The Bertz CT molecular complexity index is 2350. The number of imidazole rings is 1. The number of nitrogens with zero attached hydrogens (tertiary/aromatic N) is 5. The number of aromatic nitrogens is 4. The molecule has 1 aliphatic carbocycles. The Morgan fingerprint density at radius 1 is 1.02 bits per heavy atom. The number of fused-ring (bicyclic) bond motifs is 2. The number of methoxy groups -OCH3 is 1. The molecule has 5 aromatic rings. The molecule has 0 bridgehead atoms. The van der Waals surface area contributed by atoms with E-state index in [0.717, 1.165) is 89.3 Å². The van der Waals surface area contributed by atoms with E-state index in [2.05, 4.69) is 26.6 Å². The molecule has 5 heterocycles. The molecule has 3 amide bonds. The second kappa shape index (κ2) is 14.0. The highest BCUT2D eigenvalue weighted by atomic mass is 32.1. The molecule has 0 spiro atoms. The number of nitrogens with one attached hydrogen (secondary N) is 2. The van der Waals surface area contributed by atoms with Crippen molar-refractivity contribution in [3.8, 4) is 5.75 Å². The monoisotopic (exact) mass is 761 g/mol. The van der Waals surface area contributed by atoms with Crippen LogP contribution in [0.15, 0.2) is 53.3 Å². The van der Waals surface area contributed by atoms with Crippen LogP contribution in [0.5, 0.6) is 5.75 Å². The average Bonchev–Trinajstić information content (AvgIpc) is 3.66. The van der Waals surface area contributed by atoms with Crippen LogP contribution in [0, 0.1) is 5.92 Å². The molecule has 2 saturated heterocycles. The average molecular weight is 762 g/mol. The van der Waals surface area contributed by atoms with Crippen molar-refractivity contribution >= 4 is 56.0 Å².